The summed E-state index contributed by atoms with van der Waals surface area (Å²) < 4.78 is 10.3. The zero-order valence-electron chi connectivity index (χ0n) is 15.9. The summed E-state index contributed by atoms with van der Waals surface area (Å²) >= 11 is 0. The molecule has 0 heterocycles. The molecule has 0 aromatic heterocycles. The molecule has 1 unspecified atom stereocenters. The molecule has 2 aromatic rings. The molecule has 1 atom stereocenters. The fourth-order valence-electron chi connectivity index (χ4n) is 2.47. The maximum atomic E-state index is 12.5. The largest absolute Gasteiger partial charge is 0.497 e. The van der Waals surface area contributed by atoms with Crippen LogP contribution in [-0.2, 0) is 22.7 Å². The molecule has 0 radical (unpaired) electrons. The number of hydrogen-bond donors (Lipinski definition) is 2. The predicted octanol–water partition coefficient (Wildman–Crippen LogP) is 3.26. The minimum Gasteiger partial charge on any atom is -0.497 e. The quantitative estimate of drug-likeness (QED) is 0.748. The third-order valence-corrected chi connectivity index (χ3v) is 4.06. The van der Waals surface area contributed by atoms with E-state index in [0.29, 0.717) is 6.54 Å². The van der Waals surface area contributed by atoms with Gasteiger partial charge in [0.25, 0.3) is 0 Å². The van der Waals surface area contributed by atoms with Crippen LogP contribution in [0.1, 0.15) is 25.0 Å². The summed E-state index contributed by atoms with van der Waals surface area (Å²) in [5, 5.41) is 5.49. The summed E-state index contributed by atoms with van der Waals surface area (Å²) in [6.07, 6.45) is -0.614. The molecular weight excluding hydrogens is 344 g/mol. The maximum Gasteiger partial charge on any atom is 0.408 e. The van der Waals surface area contributed by atoms with E-state index in [0.717, 1.165) is 16.9 Å². The Labute approximate surface area is 159 Å². The number of nitrogens with one attached hydrogen (secondary N) is 2. The zero-order chi connectivity index (χ0) is 19.6. The second-order valence-corrected chi connectivity index (χ2v) is 6.49. The first-order chi connectivity index (χ1) is 13.0. The SMILES string of the molecule is COc1ccc(CNC(=O)C(NC(=O)OCc2ccccc2)C(C)C)cc1. The highest BCUT2D eigenvalue weighted by Crippen LogP contribution is 2.11. The Balaban J connectivity index is 1.85. The van der Waals surface area contributed by atoms with Gasteiger partial charge in [-0.15, -0.1) is 0 Å². The Bertz CT molecular complexity index is 730. The van der Waals surface area contributed by atoms with Crippen molar-refractivity contribution in [1.82, 2.24) is 10.6 Å². The van der Waals surface area contributed by atoms with Gasteiger partial charge in [-0.1, -0.05) is 56.3 Å². The number of carbonyl (C=O) groups is 2. The van der Waals surface area contributed by atoms with Crippen molar-refractivity contribution in [3.05, 3.63) is 65.7 Å². The number of alkyl carbamates (subject to hydrolysis) is 1. The van der Waals surface area contributed by atoms with Crippen molar-refractivity contribution in [1.29, 1.82) is 0 Å². The van der Waals surface area contributed by atoms with Gasteiger partial charge in [0.05, 0.1) is 7.11 Å². The van der Waals surface area contributed by atoms with Gasteiger partial charge in [-0.2, -0.15) is 0 Å². The molecule has 0 saturated heterocycles. The van der Waals surface area contributed by atoms with E-state index in [9.17, 15) is 9.59 Å². The zero-order valence-corrected chi connectivity index (χ0v) is 15.9. The van der Waals surface area contributed by atoms with E-state index in [1.165, 1.54) is 0 Å². The van der Waals surface area contributed by atoms with Gasteiger partial charge in [-0.3, -0.25) is 4.79 Å². The molecule has 0 spiro atoms. The minimum absolute atomic E-state index is 0.0786. The molecule has 0 aliphatic heterocycles. The fourth-order valence-corrected chi connectivity index (χ4v) is 2.47. The van der Waals surface area contributed by atoms with Crippen molar-refractivity contribution < 1.29 is 19.1 Å². The highest BCUT2D eigenvalue weighted by Gasteiger charge is 2.24. The van der Waals surface area contributed by atoms with Crippen LogP contribution in [0.15, 0.2) is 54.6 Å². The first kappa shape index (κ1) is 20.3. The van der Waals surface area contributed by atoms with Gasteiger partial charge in [-0.05, 0) is 29.2 Å². The van der Waals surface area contributed by atoms with Gasteiger partial charge in [-0.25, -0.2) is 4.79 Å². The smallest absolute Gasteiger partial charge is 0.408 e. The van der Waals surface area contributed by atoms with Crippen molar-refractivity contribution in [3.63, 3.8) is 0 Å². The average molecular weight is 370 g/mol. The fraction of sp³-hybridized carbons (Fsp3) is 0.333. The van der Waals surface area contributed by atoms with Gasteiger partial charge >= 0.3 is 6.09 Å². The van der Waals surface area contributed by atoms with Crippen LogP contribution in [0.3, 0.4) is 0 Å². The maximum absolute atomic E-state index is 12.5. The second kappa shape index (κ2) is 10.2. The molecule has 2 aromatic carbocycles. The predicted molar refractivity (Wildman–Crippen MR) is 103 cm³/mol. The molecule has 0 saturated carbocycles. The summed E-state index contributed by atoms with van der Waals surface area (Å²) in [6, 6.07) is 16.1. The van der Waals surface area contributed by atoms with Gasteiger partial charge < -0.3 is 20.1 Å². The minimum atomic E-state index is -0.675. The van der Waals surface area contributed by atoms with Gasteiger partial charge in [0, 0.05) is 6.54 Å². The lowest BCUT2D eigenvalue weighted by atomic mass is 10.0. The van der Waals surface area contributed by atoms with Crippen molar-refractivity contribution in [2.24, 2.45) is 5.92 Å². The number of rotatable bonds is 8. The van der Waals surface area contributed by atoms with Crippen LogP contribution in [0, 0.1) is 5.92 Å². The molecule has 27 heavy (non-hydrogen) atoms. The Morgan fingerprint density at radius 2 is 1.63 bits per heavy atom. The van der Waals surface area contributed by atoms with Crippen LogP contribution in [0.5, 0.6) is 5.75 Å². The molecule has 144 valence electrons. The summed E-state index contributed by atoms with van der Waals surface area (Å²) in [7, 11) is 1.60. The van der Waals surface area contributed by atoms with Crippen LogP contribution in [-0.4, -0.2) is 25.2 Å². The Morgan fingerprint density at radius 1 is 0.963 bits per heavy atom. The summed E-state index contributed by atoms with van der Waals surface area (Å²) in [6.45, 7) is 4.27. The van der Waals surface area contributed by atoms with Crippen LogP contribution in [0.2, 0.25) is 0 Å². The number of amides is 2. The van der Waals surface area contributed by atoms with Gasteiger partial charge in [0.1, 0.15) is 18.4 Å². The molecule has 2 N–H and O–H groups in total. The van der Waals surface area contributed by atoms with Gasteiger partial charge in [0.2, 0.25) is 5.91 Å². The molecule has 0 bridgehead atoms. The van der Waals surface area contributed by atoms with E-state index in [-0.39, 0.29) is 18.4 Å². The number of ether oxygens (including phenoxy) is 2. The monoisotopic (exact) mass is 370 g/mol. The van der Waals surface area contributed by atoms with E-state index < -0.39 is 12.1 Å². The lowest BCUT2D eigenvalue weighted by molar-refractivity contribution is -0.124. The summed E-state index contributed by atoms with van der Waals surface area (Å²) in [5.74, 6) is 0.426. The first-order valence-corrected chi connectivity index (χ1v) is 8.87. The van der Waals surface area contributed by atoms with E-state index in [1.54, 1.807) is 7.11 Å². The standard InChI is InChI=1S/C21H26N2O4/c1-15(2)19(23-21(25)27-14-17-7-5-4-6-8-17)20(24)22-13-16-9-11-18(26-3)12-10-16/h4-12,15,19H,13-14H2,1-3H3,(H,22,24)(H,23,25). The summed E-state index contributed by atoms with van der Waals surface area (Å²) in [5.41, 5.74) is 1.83. The second-order valence-electron chi connectivity index (χ2n) is 6.49. The van der Waals surface area contributed by atoms with E-state index in [1.807, 2.05) is 68.4 Å². The van der Waals surface area contributed by atoms with Crippen LogP contribution in [0.4, 0.5) is 4.79 Å². The number of methoxy groups -OCH3 is 1. The average Bonchev–Trinajstić information content (AvgIpc) is 2.69. The highest BCUT2D eigenvalue weighted by atomic mass is 16.5. The Morgan fingerprint density at radius 3 is 2.22 bits per heavy atom. The molecule has 0 fully saturated rings. The topological polar surface area (TPSA) is 76.7 Å². The summed E-state index contributed by atoms with van der Waals surface area (Å²) in [4.78, 5) is 24.5. The molecule has 6 heteroatoms. The van der Waals surface area contributed by atoms with Gasteiger partial charge in [0.15, 0.2) is 0 Å². The van der Waals surface area contributed by atoms with Crippen LogP contribution in [0.25, 0.3) is 0 Å². The Hall–Kier alpha value is -3.02. The lowest BCUT2D eigenvalue weighted by Crippen LogP contribution is -2.49. The third-order valence-electron chi connectivity index (χ3n) is 4.06. The van der Waals surface area contributed by atoms with Crippen molar-refractivity contribution in [2.45, 2.75) is 33.0 Å². The first-order valence-electron chi connectivity index (χ1n) is 8.87. The van der Waals surface area contributed by atoms with Crippen molar-refractivity contribution in [3.8, 4) is 5.75 Å². The molecular formula is C21H26N2O4. The number of hydrogen-bond acceptors (Lipinski definition) is 4. The van der Waals surface area contributed by atoms with E-state index in [4.69, 9.17) is 9.47 Å². The number of benzene rings is 2. The molecule has 6 nitrogen and oxygen atoms in total. The molecule has 2 amide bonds. The normalized spacial score (nSPS) is 11.6. The number of carbonyl (C=O) groups excluding carboxylic acids is 2. The van der Waals surface area contributed by atoms with Crippen LogP contribution >= 0.6 is 0 Å². The van der Waals surface area contributed by atoms with Crippen LogP contribution < -0.4 is 15.4 Å². The molecule has 2 rings (SSSR count). The van der Waals surface area contributed by atoms with E-state index >= 15 is 0 Å². The van der Waals surface area contributed by atoms with Crippen molar-refractivity contribution >= 4 is 12.0 Å². The van der Waals surface area contributed by atoms with E-state index in [2.05, 4.69) is 10.6 Å². The third kappa shape index (κ3) is 6.66. The molecule has 0 aliphatic rings. The Kier molecular flexibility index (Phi) is 7.67. The van der Waals surface area contributed by atoms with Crippen molar-refractivity contribution in [2.75, 3.05) is 7.11 Å². The lowest BCUT2D eigenvalue weighted by Gasteiger charge is -2.21. The molecule has 0 aliphatic carbocycles. The highest BCUT2D eigenvalue weighted by molar-refractivity contribution is 5.85.